The summed E-state index contributed by atoms with van der Waals surface area (Å²) in [6, 6.07) is 5.71. The van der Waals surface area contributed by atoms with Crippen molar-refractivity contribution in [3.8, 4) is 11.5 Å². The number of carbonyl (C=O) groups excluding carboxylic acids is 1. The highest BCUT2D eigenvalue weighted by molar-refractivity contribution is 7.80. The highest BCUT2D eigenvalue weighted by atomic mass is 32.1. The number of hydrogen-bond donors (Lipinski definition) is 2. The molecule has 8 heteroatoms. The van der Waals surface area contributed by atoms with Crippen molar-refractivity contribution >= 4 is 39.6 Å². The molecular weight excluding hydrogens is 444 g/mol. The predicted molar refractivity (Wildman–Crippen MR) is 133 cm³/mol. The Labute approximate surface area is 199 Å². The molecule has 0 aliphatic heterocycles. The number of esters is 1. The zero-order valence-electron chi connectivity index (χ0n) is 19.2. The van der Waals surface area contributed by atoms with Gasteiger partial charge in [0.1, 0.15) is 5.00 Å². The van der Waals surface area contributed by atoms with Gasteiger partial charge in [0.05, 0.1) is 32.4 Å². The van der Waals surface area contributed by atoms with E-state index in [1.807, 2.05) is 32.0 Å². The van der Waals surface area contributed by atoms with Crippen LogP contribution < -0.4 is 20.1 Å². The molecule has 32 heavy (non-hydrogen) atoms. The number of fused-ring (bicyclic) bond motifs is 1. The smallest absolute Gasteiger partial charge is 0.341 e. The summed E-state index contributed by atoms with van der Waals surface area (Å²) in [6.07, 6.45) is 6.57. The topological polar surface area (TPSA) is 68.8 Å². The number of aryl methyl sites for hydroxylation is 1. The number of anilines is 1. The minimum atomic E-state index is -0.274. The lowest BCUT2D eigenvalue weighted by atomic mass is 9.96. The van der Waals surface area contributed by atoms with Crippen LogP contribution in [0, 0.1) is 0 Å². The van der Waals surface area contributed by atoms with Gasteiger partial charge in [0.2, 0.25) is 0 Å². The first-order valence-electron chi connectivity index (χ1n) is 11.1. The molecule has 0 spiro atoms. The number of nitrogens with one attached hydrogen (secondary N) is 2. The third-order valence-electron chi connectivity index (χ3n) is 5.63. The van der Waals surface area contributed by atoms with E-state index in [0.29, 0.717) is 28.8 Å². The van der Waals surface area contributed by atoms with Crippen LogP contribution in [0.4, 0.5) is 5.00 Å². The van der Waals surface area contributed by atoms with Crippen LogP contribution in [0.25, 0.3) is 0 Å². The van der Waals surface area contributed by atoms with Crippen LogP contribution in [0.5, 0.6) is 11.5 Å². The summed E-state index contributed by atoms with van der Waals surface area (Å²) in [4.78, 5) is 14.1. The molecule has 0 saturated heterocycles. The minimum absolute atomic E-state index is 0.0677. The van der Waals surface area contributed by atoms with Crippen molar-refractivity contribution < 1.29 is 19.0 Å². The van der Waals surface area contributed by atoms with Gasteiger partial charge in [0, 0.05) is 4.88 Å². The molecule has 1 aliphatic rings. The number of methoxy groups -OCH3 is 2. The summed E-state index contributed by atoms with van der Waals surface area (Å²) in [6.45, 7) is 4.20. The molecule has 1 aromatic heterocycles. The summed E-state index contributed by atoms with van der Waals surface area (Å²) in [5.41, 5.74) is 2.79. The second kappa shape index (κ2) is 11.5. The Hall–Kier alpha value is -2.32. The molecule has 1 unspecified atom stereocenters. The van der Waals surface area contributed by atoms with Gasteiger partial charge in [-0.3, -0.25) is 0 Å². The molecule has 2 N–H and O–H groups in total. The number of ether oxygens (including phenoxy) is 3. The average Bonchev–Trinajstić information content (AvgIpc) is 3.08. The SMILES string of the molecule is CCOC(=O)c1c(NC(=S)NC(C)c2ccc(OC)c(OC)c2)sc2c1CCCCCC2. The van der Waals surface area contributed by atoms with E-state index in [9.17, 15) is 4.79 Å². The monoisotopic (exact) mass is 476 g/mol. The van der Waals surface area contributed by atoms with E-state index in [1.165, 1.54) is 17.7 Å². The molecule has 1 atom stereocenters. The van der Waals surface area contributed by atoms with Gasteiger partial charge in [0.15, 0.2) is 16.6 Å². The Morgan fingerprint density at radius 2 is 1.84 bits per heavy atom. The molecule has 0 bridgehead atoms. The minimum Gasteiger partial charge on any atom is -0.493 e. The molecule has 2 aromatic rings. The Morgan fingerprint density at radius 1 is 1.12 bits per heavy atom. The first-order chi connectivity index (χ1) is 15.5. The zero-order chi connectivity index (χ0) is 23.1. The van der Waals surface area contributed by atoms with Crippen molar-refractivity contribution in [2.24, 2.45) is 0 Å². The average molecular weight is 477 g/mol. The molecule has 174 valence electrons. The van der Waals surface area contributed by atoms with Gasteiger partial charge in [-0.2, -0.15) is 0 Å². The Balaban J connectivity index is 1.79. The number of thiophene rings is 1. The van der Waals surface area contributed by atoms with E-state index < -0.39 is 0 Å². The highest BCUT2D eigenvalue weighted by Gasteiger charge is 2.26. The van der Waals surface area contributed by atoms with Gasteiger partial charge >= 0.3 is 5.97 Å². The van der Waals surface area contributed by atoms with Crippen LogP contribution in [-0.2, 0) is 17.6 Å². The van der Waals surface area contributed by atoms with E-state index >= 15 is 0 Å². The van der Waals surface area contributed by atoms with Gasteiger partial charge in [-0.05, 0) is 75.0 Å². The molecule has 1 aromatic carbocycles. The van der Waals surface area contributed by atoms with Crippen LogP contribution in [-0.4, -0.2) is 31.9 Å². The maximum Gasteiger partial charge on any atom is 0.341 e. The molecule has 0 amide bonds. The predicted octanol–water partition coefficient (Wildman–Crippen LogP) is 5.65. The summed E-state index contributed by atoms with van der Waals surface area (Å²) in [7, 11) is 3.23. The van der Waals surface area contributed by atoms with Crippen molar-refractivity contribution in [1.82, 2.24) is 5.32 Å². The quantitative estimate of drug-likeness (QED) is 0.395. The van der Waals surface area contributed by atoms with Crippen LogP contribution in [0.15, 0.2) is 18.2 Å². The second-order valence-electron chi connectivity index (χ2n) is 7.78. The van der Waals surface area contributed by atoms with Gasteiger partial charge in [-0.15, -0.1) is 11.3 Å². The molecule has 6 nitrogen and oxygen atoms in total. The van der Waals surface area contributed by atoms with Crippen LogP contribution in [0.3, 0.4) is 0 Å². The van der Waals surface area contributed by atoms with Gasteiger partial charge in [-0.1, -0.05) is 18.9 Å². The van der Waals surface area contributed by atoms with Crippen LogP contribution in [0.1, 0.15) is 71.9 Å². The third kappa shape index (κ3) is 5.72. The number of thiocarbonyl (C=S) groups is 1. The third-order valence-corrected chi connectivity index (χ3v) is 7.06. The van der Waals surface area contributed by atoms with Gasteiger partial charge in [-0.25, -0.2) is 4.79 Å². The Kier molecular flexibility index (Phi) is 8.75. The van der Waals surface area contributed by atoms with Crippen molar-refractivity contribution in [2.75, 3.05) is 26.1 Å². The first kappa shape index (κ1) is 24.3. The van der Waals surface area contributed by atoms with Crippen molar-refractivity contribution in [1.29, 1.82) is 0 Å². The van der Waals surface area contributed by atoms with E-state index in [4.69, 9.17) is 26.4 Å². The number of carbonyl (C=O) groups is 1. The Bertz CT molecular complexity index is 958. The summed E-state index contributed by atoms with van der Waals surface area (Å²) < 4.78 is 16.1. The molecule has 0 fully saturated rings. The van der Waals surface area contributed by atoms with Gasteiger partial charge < -0.3 is 24.8 Å². The van der Waals surface area contributed by atoms with E-state index in [1.54, 1.807) is 25.6 Å². The standard InChI is InChI=1S/C24H32N2O4S2/c1-5-30-23(27)21-17-10-8-6-7-9-11-20(17)32-22(21)26-24(31)25-15(2)16-12-13-18(28-3)19(14-16)29-4/h12-15H,5-11H2,1-4H3,(H2,25,26,31). The molecule has 1 heterocycles. The lowest BCUT2D eigenvalue weighted by Crippen LogP contribution is -2.31. The molecule has 0 radical (unpaired) electrons. The Morgan fingerprint density at radius 3 is 2.53 bits per heavy atom. The van der Waals surface area contributed by atoms with E-state index in [2.05, 4.69) is 10.6 Å². The van der Waals surface area contributed by atoms with Crippen LogP contribution >= 0.6 is 23.6 Å². The highest BCUT2D eigenvalue weighted by Crippen LogP contribution is 2.38. The summed E-state index contributed by atoms with van der Waals surface area (Å²) in [5, 5.41) is 7.83. The molecule has 1 aliphatic carbocycles. The summed E-state index contributed by atoms with van der Waals surface area (Å²) >= 11 is 7.23. The molecular formula is C24H32N2O4S2. The number of benzene rings is 1. The van der Waals surface area contributed by atoms with Crippen molar-refractivity contribution in [3.05, 3.63) is 39.8 Å². The fourth-order valence-electron chi connectivity index (χ4n) is 3.97. The fraction of sp³-hybridized carbons (Fsp3) is 0.500. The zero-order valence-corrected chi connectivity index (χ0v) is 20.8. The summed E-state index contributed by atoms with van der Waals surface area (Å²) in [5.74, 6) is 1.07. The normalized spacial score (nSPS) is 14.4. The maximum atomic E-state index is 12.8. The van der Waals surface area contributed by atoms with Crippen LogP contribution in [0.2, 0.25) is 0 Å². The first-order valence-corrected chi connectivity index (χ1v) is 12.3. The number of hydrogen-bond acceptors (Lipinski definition) is 6. The van der Waals surface area contributed by atoms with Crippen molar-refractivity contribution in [3.63, 3.8) is 0 Å². The van der Waals surface area contributed by atoms with E-state index in [0.717, 1.165) is 41.8 Å². The molecule has 3 rings (SSSR count). The lowest BCUT2D eigenvalue weighted by Gasteiger charge is -2.19. The largest absolute Gasteiger partial charge is 0.493 e. The number of rotatable bonds is 7. The van der Waals surface area contributed by atoms with E-state index in [-0.39, 0.29) is 12.0 Å². The lowest BCUT2D eigenvalue weighted by molar-refractivity contribution is 0.0526. The van der Waals surface area contributed by atoms with Crippen molar-refractivity contribution in [2.45, 2.75) is 58.4 Å². The fourth-order valence-corrected chi connectivity index (χ4v) is 5.59. The second-order valence-corrected chi connectivity index (χ2v) is 9.29. The maximum absolute atomic E-state index is 12.8. The molecule has 0 saturated carbocycles. The van der Waals surface area contributed by atoms with Gasteiger partial charge in [0.25, 0.3) is 0 Å².